The van der Waals surface area contributed by atoms with E-state index in [1.165, 1.54) is 5.56 Å². The molecule has 0 saturated carbocycles. The largest absolute Gasteiger partial charge is 0.346 e. The van der Waals surface area contributed by atoms with E-state index >= 15 is 0 Å². The molecule has 0 unspecified atom stereocenters. The van der Waals surface area contributed by atoms with Gasteiger partial charge in [-0.3, -0.25) is 9.59 Å². The van der Waals surface area contributed by atoms with Gasteiger partial charge in [0, 0.05) is 13.6 Å². The van der Waals surface area contributed by atoms with E-state index in [1.807, 2.05) is 31.2 Å². The minimum Gasteiger partial charge on any atom is -0.346 e. The van der Waals surface area contributed by atoms with Crippen LogP contribution in [0.1, 0.15) is 11.1 Å². The second-order valence-electron chi connectivity index (χ2n) is 4.15. The fraction of sp³-hybridized carbons (Fsp3) is 0.385. The van der Waals surface area contributed by atoms with Gasteiger partial charge in [0.1, 0.15) is 5.88 Å². The predicted octanol–water partition coefficient (Wildman–Crippen LogP) is 1.31. The monoisotopic (exact) mass is 268 g/mol. The summed E-state index contributed by atoms with van der Waals surface area (Å²) in [6.45, 7) is 2.52. The van der Waals surface area contributed by atoms with Crippen LogP contribution in [0.5, 0.6) is 0 Å². The van der Waals surface area contributed by atoms with Gasteiger partial charge in [-0.1, -0.05) is 29.8 Å². The Morgan fingerprint density at radius 3 is 2.44 bits per heavy atom. The Bertz CT molecular complexity index is 418. The van der Waals surface area contributed by atoms with Gasteiger partial charge in [0.2, 0.25) is 11.8 Å². The van der Waals surface area contributed by atoms with Crippen LogP contribution in [-0.4, -0.2) is 36.2 Å². The van der Waals surface area contributed by atoms with Gasteiger partial charge in [-0.05, 0) is 12.5 Å². The third kappa shape index (κ3) is 4.75. The van der Waals surface area contributed by atoms with Gasteiger partial charge in [0.25, 0.3) is 0 Å². The molecule has 0 aliphatic carbocycles. The lowest BCUT2D eigenvalue weighted by Gasteiger charge is -2.17. The van der Waals surface area contributed by atoms with Crippen LogP contribution in [0.2, 0.25) is 0 Å². The first-order valence-corrected chi connectivity index (χ1v) is 6.18. The number of aryl methyl sites for hydroxylation is 1. The van der Waals surface area contributed by atoms with E-state index < -0.39 is 0 Å². The summed E-state index contributed by atoms with van der Waals surface area (Å²) >= 11 is 5.32. The molecule has 5 heteroatoms. The van der Waals surface area contributed by atoms with Gasteiger partial charge in [-0.25, -0.2) is 0 Å². The number of amides is 2. The molecule has 1 aromatic carbocycles. The maximum atomic E-state index is 11.7. The number of rotatable bonds is 5. The Balaban J connectivity index is 2.44. The molecule has 98 valence electrons. The number of likely N-dealkylation sites (N-methyl/N-ethyl adjacent to an activating group) is 1. The van der Waals surface area contributed by atoms with Crippen LogP contribution >= 0.6 is 11.6 Å². The van der Waals surface area contributed by atoms with Crippen molar-refractivity contribution in [1.82, 2.24) is 10.2 Å². The van der Waals surface area contributed by atoms with E-state index in [0.29, 0.717) is 6.54 Å². The van der Waals surface area contributed by atoms with Gasteiger partial charge in [-0.2, -0.15) is 0 Å². The second kappa shape index (κ2) is 7.01. The van der Waals surface area contributed by atoms with Crippen molar-refractivity contribution in [3.8, 4) is 0 Å². The number of halogens is 1. The molecular weight excluding hydrogens is 252 g/mol. The van der Waals surface area contributed by atoms with E-state index in [2.05, 4.69) is 5.32 Å². The van der Waals surface area contributed by atoms with Crippen LogP contribution in [0, 0.1) is 6.92 Å². The number of carbonyl (C=O) groups excluding carboxylic acids is 2. The summed E-state index contributed by atoms with van der Waals surface area (Å²) in [5, 5.41) is 2.45. The maximum Gasteiger partial charge on any atom is 0.242 e. The van der Waals surface area contributed by atoms with Crippen LogP contribution in [0.4, 0.5) is 0 Å². The standard InChI is InChI=1S/C13H17ClN2O2/c1-10-3-5-11(6-4-10)9-16(2)13(18)8-15-12(17)7-14/h3-6H,7-9H2,1-2H3,(H,15,17). The first-order valence-electron chi connectivity index (χ1n) is 5.65. The molecule has 2 amide bonds. The minimum absolute atomic E-state index is 0.0199. The number of nitrogens with zero attached hydrogens (tertiary/aromatic N) is 1. The van der Waals surface area contributed by atoms with Crippen molar-refractivity contribution in [3.05, 3.63) is 35.4 Å². The SMILES string of the molecule is Cc1ccc(CN(C)C(=O)CNC(=O)CCl)cc1. The van der Waals surface area contributed by atoms with Crippen LogP contribution in [-0.2, 0) is 16.1 Å². The number of alkyl halides is 1. The summed E-state index contributed by atoms with van der Waals surface area (Å²) < 4.78 is 0. The Morgan fingerprint density at radius 2 is 1.89 bits per heavy atom. The van der Waals surface area contributed by atoms with Crippen molar-refractivity contribution in [1.29, 1.82) is 0 Å². The highest BCUT2D eigenvalue weighted by molar-refractivity contribution is 6.27. The zero-order valence-corrected chi connectivity index (χ0v) is 11.3. The number of carbonyl (C=O) groups is 2. The molecule has 1 N–H and O–H groups in total. The summed E-state index contributed by atoms with van der Waals surface area (Å²) in [5.41, 5.74) is 2.24. The first-order chi connectivity index (χ1) is 8.52. The van der Waals surface area contributed by atoms with Crippen molar-refractivity contribution in [2.75, 3.05) is 19.5 Å². The quantitative estimate of drug-likeness (QED) is 0.819. The molecule has 0 heterocycles. The molecule has 18 heavy (non-hydrogen) atoms. The van der Waals surface area contributed by atoms with Crippen molar-refractivity contribution < 1.29 is 9.59 Å². The average Bonchev–Trinajstić information content (AvgIpc) is 2.38. The van der Waals surface area contributed by atoms with Gasteiger partial charge >= 0.3 is 0 Å². The Hall–Kier alpha value is -1.55. The normalized spacial score (nSPS) is 9.94. The topological polar surface area (TPSA) is 49.4 Å². The minimum atomic E-state index is -0.339. The fourth-order valence-electron chi connectivity index (χ4n) is 1.41. The molecule has 0 fully saturated rings. The fourth-order valence-corrected chi connectivity index (χ4v) is 1.51. The summed E-state index contributed by atoms with van der Waals surface area (Å²) in [6.07, 6.45) is 0. The van der Waals surface area contributed by atoms with Crippen molar-refractivity contribution in [2.45, 2.75) is 13.5 Å². The van der Waals surface area contributed by atoms with Gasteiger partial charge in [-0.15, -0.1) is 11.6 Å². The van der Waals surface area contributed by atoms with Crippen LogP contribution in [0.15, 0.2) is 24.3 Å². The highest BCUT2D eigenvalue weighted by atomic mass is 35.5. The van der Waals surface area contributed by atoms with Gasteiger partial charge in [0.05, 0.1) is 6.54 Å². The van der Waals surface area contributed by atoms with Crippen LogP contribution < -0.4 is 5.32 Å². The lowest BCUT2D eigenvalue weighted by Crippen LogP contribution is -2.38. The molecule has 0 spiro atoms. The average molecular weight is 269 g/mol. The molecule has 4 nitrogen and oxygen atoms in total. The van der Waals surface area contributed by atoms with Gasteiger partial charge < -0.3 is 10.2 Å². The predicted molar refractivity (Wildman–Crippen MR) is 71.4 cm³/mol. The number of hydrogen-bond donors (Lipinski definition) is 1. The summed E-state index contributed by atoms with van der Waals surface area (Å²) in [7, 11) is 1.70. The van der Waals surface area contributed by atoms with E-state index in [4.69, 9.17) is 11.6 Å². The Kier molecular flexibility index (Phi) is 5.65. The molecule has 0 aromatic heterocycles. The third-order valence-corrected chi connectivity index (χ3v) is 2.77. The van der Waals surface area contributed by atoms with Crippen molar-refractivity contribution in [3.63, 3.8) is 0 Å². The smallest absolute Gasteiger partial charge is 0.242 e. The van der Waals surface area contributed by atoms with E-state index in [1.54, 1.807) is 11.9 Å². The van der Waals surface area contributed by atoms with E-state index in [9.17, 15) is 9.59 Å². The lowest BCUT2D eigenvalue weighted by molar-refractivity contribution is -0.131. The van der Waals surface area contributed by atoms with Crippen molar-refractivity contribution in [2.24, 2.45) is 0 Å². The van der Waals surface area contributed by atoms with Crippen LogP contribution in [0.25, 0.3) is 0 Å². The second-order valence-corrected chi connectivity index (χ2v) is 4.41. The zero-order chi connectivity index (χ0) is 13.5. The number of hydrogen-bond acceptors (Lipinski definition) is 2. The summed E-state index contributed by atoms with van der Waals surface area (Å²) in [5.74, 6) is -0.614. The zero-order valence-electron chi connectivity index (χ0n) is 10.6. The lowest BCUT2D eigenvalue weighted by atomic mass is 10.1. The number of nitrogens with one attached hydrogen (secondary N) is 1. The van der Waals surface area contributed by atoms with Crippen molar-refractivity contribution >= 4 is 23.4 Å². The van der Waals surface area contributed by atoms with Crippen LogP contribution in [0.3, 0.4) is 0 Å². The summed E-state index contributed by atoms with van der Waals surface area (Å²) in [4.78, 5) is 24.2. The highest BCUT2D eigenvalue weighted by Crippen LogP contribution is 2.05. The molecule has 1 rings (SSSR count). The highest BCUT2D eigenvalue weighted by Gasteiger charge is 2.10. The van der Waals surface area contributed by atoms with E-state index in [0.717, 1.165) is 5.56 Å². The Morgan fingerprint density at radius 1 is 1.28 bits per heavy atom. The molecule has 0 radical (unpaired) electrons. The molecule has 0 aliphatic heterocycles. The molecular formula is C13H17ClN2O2. The molecule has 0 aliphatic rings. The maximum absolute atomic E-state index is 11.7. The molecule has 0 bridgehead atoms. The van der Waals surface area contributed by atoms with E-state index in [-0.39, 0.29) is 24.2 Å². The molecule has 1 aromatic rings. The summed E-state index contributed by atoms with van der Waals surface area (Å²) in [6, 6.07) is 7.97. The number of benzene rings is 1. The Labute approximate surface area is 112 Å². The first kappa shape index (κ1) is 14.5. The molecule has 0 atom stereocenters. The van der Waals surface area contributed by atoms with Gasteiger partial charge in [0.15, 0.2) is 0 Å². The molecule has 0 saturated heterocycles. The third-order valence-electron chi connectivity index (χ3n) is 2.52.